The lowest BCUT2D eigenvalue weighted by atomic mass is 9.86. The number of allylic oxidation sites excluding steroid dienone is 2. The number of hydrogen-bond acceptors (Lipinski definition) is 5. The lowest BCUT2D eigenvalue weighted by Gasteiger charge is -2.31. The number of hydrogen-bond donors (Lipinski definition) is 1. The summed E-state index contributed by atoms with van der Waals surface area (Å²) < 4.78 is 12.3. The van der Waals surface area contributed by atoms with Crippen molar-refractivity contribution in [3.8, 4) is 5.75 Å². The number of anilines is 1. The molecule has 29 heavy (non-hydrogen) atoms. The number of methoxy groups -OCH3 is 1. The van der Waals surface area contributed by atoms with Crippen molar-refractivity contribution in [2.75, 3.05) is 32.7 Å². The second-order valence-corrected chi connectivity index (χ2v) is 8.93. The van der Waals surface area contributed by atoms with E-state index < -0.39 is 5.72 Å². The summed E-state index contributed by atoms with van der Waals surface area (Å²) in [4.78, 5) is 6.93. The van der Waals surface area contributed by atoms with E-state index in [1.54, 1.807) is 7.11 Å². The van der Waals surface area contributed by atoms with Gasteiger partial charge < -0.3 is 19.5 Å². The standard InChI is InChI=1S/C24H28N2O3/c1-14-17(12-23(2,3)4)29-22-18-19(24(13-27,28-7)25-20(14)18)15-10-8-9-11-16(15)21(22)26(5)6/h8-12,27H,1,13H2,2-7H3/b17-12+. The zero-order valence-electron chi connectivity index (χ0n) is 18.0. The first kappa shape index (κ1) is 19.7. The minimum atomic E-state index is -1.17. The fourth-order valence-corrected chi connectivity index (χ4v) is 4.21. The highest BCUT2D eigenvalue weighted by molar-refractivity contribution is 6.24. The van der Waals surface area contributed by atoms with Crippen LogP contribution in [0.5, 0.6) is 5.75 Å². The molecular formula is C24H28N2O3. The van der Waals surface area contributed by atoms with Crippen LogP contribution in [0.2, 0.25) is 0 Å². The van der Waals surface area contributed by atoms with Crippen LogP contribution in [0.3, 0.4) is 0 Å². The second-order valence-electron chi connectivity index (χ2n) is 8.93. The van der Waals surface area contributed by atoms with Gasteiger partial charge in [-0.1, -0.05) is 51.6 Å². The van der Waals surface area contributed by atoms with Gasteiger partial charge >= 0.3 is 0 Å². The van der Waals surface area contributed by atoms with Gasteiger partial charge in [-0.05, 0) is 16.9 Å². The van der Waals surface area contributed by atoms with Crippen LogP contribution < -0.4 is 9.64 Å². The first-order valence-electron chi connectivity index (χ1n) is 9.76. The van der Waals surface area contributed by atoms with Crippen LogP contribution in [0, 0.1) is 5.41 Å². The summed E-state index contributed by atoms with van der Waals surface area (Å²) >= 11 is 0. The summed E-state index contributed by atoms with van der Waals surface area (Å²) in [6.45, 7) is 10.4. The molecule has 5 heteroatoms. The molecule has 0 amide bonds. The number of aliphatic hydroxyl groups is 1. The summed E-state index contributed by atoms with van der Waals surface area (Å²) in [5.41, 5.74) is 2.84. The highest BCUT2D eigenvalue weighted by Gasteiger charge is 2.47. The van der Waals surface area contributed by atoms with Crippen LogP contribution >= 0.6 is 0 Å². The third kappa shape index (κ3) is 2.80. The van der Waals surface area contributed by atoms with E-state index in [1.165, 1.54) is 0 Å². The van der Waals surface area contributed by atoms with Gasteiger partial charge in [0, 0.05) is 37.7 Å². The van der Waals surface area contributed by atoms with Crippen molar-refractivity contribution in [3.63, 3.8) is 0 Å². The summed E-state index contributed by atoms with van der Waals surface area (Å²) in [6.07, 6.45) is 2.07. The Morgan fingerprint density at radius 1 is 1.24 bits per heavy atom. The van der Waals surface area contributed by atoms with E-state index in [0.29, 0.717) is 11.3 Å². The average Bonchev–Trinajstić information content (AvgIpc) is 3.01. The topological polar surface area (TPSA) is 54.3 Å². The molecule has 2 aromatic rings. The summed E-state index contributed by atoms with van der Waals surface area (Å²) in [6, 6.07) is 8.11. The van der Waals surface area contributed by atoms with Gasteiger partial charge in [0.1, 0.15) is 5.76 Å². The number of fused-ring (bicyclic) bond motifs is 2. The molecule has 1 atom stereocenters. The Morgan fingerprint density at radius 2 is 1.90 bits per heavy atom. The molecule has 5 nitrogen and oxygen atoms in total. The molecule has 0 radical (unpaired) electrons. The Labute approximate surface area is 172 Å². The molecule has 2 aliphatic rings. The molecule has 2 aromatic carbocycles. The molecule has 0 saturated heterocycles. The second kappa shape index (κ2) is 6.44. The van der Waals surface area contributed by atoms with Crippen molar-refractivity contribution < 1.29 is 14.6 Å². The van der Waals surface area contributed by atoms with Crippen LogP contribution in [-0.4, -0.2) is 38.6 Å². The van der Waals surface area contributed by atoms with Crippen molar-refractivity contribution >= 4 is 22.2 Å². The van der Waals surface area contributed by atoms with Crippen molar-refractivity contribution in [1.29, 1.82) is 0 Å². The van der Waals surface area contributed by atoms with Crippen molar-refractivity contribution in [2.45, 2.75) is 26.5 Å². The molecule has 0 aliphatic carbocycles. The molecule has 1 unspecified atom stereocenters. The van der Waals surface area contributed by atoms with Gasteiger partial charge in [-0.2, -0.15) is 0 Å². The normalized spacial score (nSPS) is 22.0. The fourth-order valence-electron chi connectivity index (χ4n) is 4.21. The molecule has 4 rings (SSSR count). The van der Waals surface area contributed by atoms with E-state index in [9.17, 15) is 5.11 Å². The van der Waals surface area contributed by atoms with E-state index in [1.807, 2.05) is 32.3 Å². The maximum absolute atomic E-state index is 10.3. The van der Waals surface area contributed by atoms with Crippen molar-refractivity contribution in [2.24, 2.45) is 10.4 Å². The summed E-state index contributed by atoms with van der Waals surface area (Å²) in [5.74, 6) is 1.43. The maximum Gasteiger partial charge on any atom is 0.209 e. The Morgan fingerprint density at radius 3 is 2.45 bits per heavy atom. The maximum atomic E-state index is 10.3. The molecule has 0 aromatic heterocycles. The van der Waals surface area contributed by atoms with E-state index >= 15 is 0 Å². The van der Waals surface area contributed by atoms with Gasteiger partial charge in [0.25, 0.3) is 0 Å². The third-order valence-electron chi connectivity index (χ3n) is 5.42. The third-order valence-corrected chi connectivity index (χ3v) is 5.42. The number of rotatable bonds is 3. The van der Waals surface area contributed by atoms with E-state index in [2.05, 4.69) is 44.4 Å². The van der Waals surface area contributed by atoms with Gasteiger partial charge in [0.2, 0.25) is 5.72 Å². The van der Waals surface area contributed by atoms with Crippen LogP contribution in [-0.2, 0) is 10.5 Å². The van der Waals surface area contributed by atoms with Crippen LogP contribution in [0.4, 0.5) is 5.69 Å². The van der Waals surface area contributed by atoms with Crippen LogP contribution in [0.1, 0.15) is 31.9 Å². The number of aliphatic imine (C=N–C) groups is 1. The van der Waals surface area contributed by atoms with E-state index in [4.69, 9.17) is 14.5 Å². The zero-order chi connectivity index (χ0) is 21.1. The Bertz CT molecular complexity index is 1080. The van der Waals surface area contributed by atoms with Gasteiger partial charge in [-0.25, -0.2) is 4.99 Å². The Hall–Kier alpha value is -2.63. The highest BCUT2D eigenvalue weighted by atomic mass is 16.5. The molecule has 152 valence electrons. The first-order chi connectivity index (χ1) is 13.6. The quantitative estimate of drug-likeness (QED) is 0.842. The number of nitrogens with zero attached hydrogens (tertiary/aromatic N) is 2. The SMILES string of the molecule is C=C1C2=NC(CO)(OC)c3c2c(c(N(C)C)c2ccccc32)O/C1=C/C(C)(C)C. The minimum absolute atomic E-state index is 0.0950. The molecule has 2 heterocycles. The Balaban J connectivity index is 2.17. The molecule has 0 fully saturated rings. The average molecular weight is 392 g/mol. The molecular weight excluding hydrogens is 364 g/mol. The summed E-state index contributed by atoms with van der Waals surface area (Å²) in [7, 11) is 5.59. The molecule has 0 spiro atoms. The molecule has 1 N–H and O–H groups in total. The minimum Gasteiger partial charge on any atom is -0.454 e. The van der Waals surface area contributed by atoms with Crippen LogP contribution in [0.25, 0.3) is 10.8 Å². The Kier molecular flexibility index (Phi) is 4.37. The van der Waals surface area contributed by atoms with Gasteiger partial charge in [0.15, 0.2) is 5.75 Å². The van der Waals surface area contributed by atoms with Crippen molar-refractivity contribution in [1.82, 2.24) is 0 Å². The predicted octanol–water partition coefficient (Wildman–Crippen LogP) is 4.38. The monoisotopic (exact) mass is 392 g/mol. The largest absolute Gasteiger partial charge is 0.454 e. The van der Waals surface area contributed by atoms with Gasteiger partial charge in [-0.3, -0.25) is 0 Å². The van der Waals surface area contributed by atoms with Crippen molar-refractivity contribution in [3.05, 3.63) is 59.4 Å². The van der Waals surface area contributed by atoms with Crippen LogP contribution in [0.15, 0.2) is 53.2 Å². The summed E-state index contributed by atoms with van der Waals surface area (Å²) in [5, 5.41) is 12.4. The lowest BCUT2D eigenvalue weighted by molar-refractivity contribution is -0.0464. The molecule has 2 aliphatic heterocycles. The van der Waals surface area contributed by atoms with E-state index in [-0.39, 0.29) is 12.0 Å². The first-order valence-corrected chi connectivity index (χ1v) is 9.76. The molecule has 0 saturated carbocycles. The smallest absolute Gasteiger partial charge is 0.209 e. The van der Waals surface area contributed by atoms with Gasteiger partial charge in [0.05, 0.1) is 23.6 Å². The van der Waals surface area contributed by atoms with Gasteiger partial charge in [-0.15, -0.1) is 0 Å². The number of aliphatic hydroxyl groups excluding tert-OH is 1. The lowest BCUT2D eigenvalue weighted by Crippen LogP contribution is -2.29. The number of benzene rings is 2. The number of ether oxygens (including phenoxy) is 2. The van der Waals surface area contributed by atoms with E-state index in [0.717, 1.165) is 39.0 Å². The zero-order valence-corrected chi connectivity index (χ0v) is 18.0. The highest BCUT2D eigenvalue weighted by Crippen LogP contribution is 2.54. The molecule has 0 bridgehead atoms. The fraction of sp³-hybridized carbons (Fsp3) is 0.375. The predicted molar refractivity (Wildman–Crippen MR) is 118 cm³/mol.